The van der Waals surface area contributed by atoms with Gasteiger partial charge in [-0.25, -0.2) is 0 Å². The van der Waals surface area contributed by atoms with Crippen molar-refractivity contribution in [3.05, 3.63) is 72.6 Å². The monoisotopic (exact) mass is 282 g/mol. The maximum absolute atomic E-state index is 3.40. The average molecular weight is 282 g/mol. The molecule has 0 heterocycles. The van der Waals surface area contributed by atoms with E-state index in [1.165, 1.54) is 0 Å². The zero-order chi connectivity index (χ0) is 14.4. The molecule has 2 nitrogen and oxygen atoms in total. The second-order valence-electron chi connectivity index (χ2n) is 5.83. The van der Waals surface area contributed by atoms with Crippen LogP contribution >= 0.6 is 0 Å². The summed E-state index contributed by atoms with van der Waals surface area (Å²) < 4.78 is 0. The van der Waals surface area contributed by atoms with Gasteiger partial charge in [0.2, 0.25) is 0 Å². The van der Waals surface area contributed by atoms with Crippen LogP contribution in [0.4, 0.5) is 11.4 Å². The van der Waals surface area contributed by atoms with Crippen molar-refractivity contribution in [2.75, 3.05) is 5.01 Å². The molecule has 0 aliphatic heterocycles. The molecule has 104 valence electrons. The highest BCUT2D eigenvalue weighted by Gasteiger charge is 2.09. The third-order valence-corrected chi connectivity index (χ3v) is 3.98. The van der Waals surface area contributed by atoms with E-state index in [2.05, 4.69) is 90.5 Å². The molecule has 0 radical (unpaired) electrons. The van der Waals surface area contributed by atoms with E-state index in [-0.39, 0.29) is 0 Å². The predicted octanol–water partition coefficient (Wildman–Crippen LogP) is 4.72. The SMILES string of the molecule is C[Si](C)(C)/C=C/NN(c1ccccc1)c1ccccc1. The standard InChI is InChI=1S/C17H22N2Si/c1-20(2,3)15-14-18-19(16-10-6-4-7-11-16)17-12-8-5-9-13-17/h4-15,18H,1-3H3/b15-14+. The first kappa shape index (κ1) is 14.4. The molecule has 0 amide bonds. The maximum atomic E-state index is 3.40. The minimum atomic E-state index is -1.20. The van der Waals surface area contributed by atoms with Gasteiger partial charge >= 0.3 is 0 Å². The minimum Gasteiger partial charge on any atom is -0.302 e. The van der Waals surface area contributed by atoms with Crippen molar-refractivity contribution in [1.82, 2.24) is 5.43 Å². The van der Waals surface area contributed by atoms with Gasteiger partial charge in [0, 0.05) is 6.20 Å². The third kappa shape index (κ3) is 4.28. The zero-order valence-electron chi connectivity index (χ0n) is 12.4. The summed E-state index contributed by atoms with van der Waals surface area (Å²) in [6.07, 6.45) is 2.06. The van der Waals surface area contributed by atoms with Gasteiger partial charge in [0.25, 0.3) is 0 Å². The lowest BCUT2D eigenvalue weighted by Gasteiger charge is -2.25. The Labute approximate surface area is 122 Å². The summed E-state index contributed by atoms with van der Waals surface area (Å²) in [7, 11) is -1.20. The topological polar surface area (TPSA) is 15.3 Å². The van der Waals surface area contributed by atoms with Gasteiger partial charge in [-0.05, 0) is 24.3 Å². The maximum Gasteiger partial charge on any atom is 0.0706 e. The first-order valence-electron chi connectivity index (χ1n) is 6.90. The van der Waals surface area contributed by atoms with Crippen LogP contribution in [0.25, 0.3) is 0 Å². The van der Waals surface area contributed by atoms with Gasteiger partial charge in [0.05, 0.1) is 19.4 Å². The molecular weight excluding hydrogens is 260 g/mol. The van der Waals surface area contributed by atoms with E-state index in [1.807, 2.05) is 12.1 Å². The fourth-order valence-electron chi connectivity index (χ4n) is 1.81. The molecule has 0 unspecified atom stereocenters. The van der Waals surface area contributed by atoms with E-state index < -0.39 is 8.07 Å². The molecule has 20 heavy (non-hydrogen) atoms. The van der Waals surface area contributed by atoms with Crippen LogP contribution in [-0.2, 0) is 0 Å². The zero-order valence-corrected chi connectivity index (χ0v) is 13.4. The van der Waals surface area contributed by atoms with Crippen molar-refractivity contribution in [2.45, 2.75) is 19.6 Å². The minimum absolute atomic E-state index is 1.12. The van der Waals surface area contributed by atoms with E-state index in [4.69, 9.17) is 0 Å². The Morgan fingerprint density at radius 1 is 0.800 bits per heavy atom. The quantitative estimate of drug-likeness (QED) is 0.630. The fourth-order valence-corrected chi connectivity index (χ4v) is 2.39. The normalized spacial score (nSPS) is 11.6. The van der Waals surface area contributed by atoms with Gasteiger partial charge in [-0.3, -0.25) is 5.01 Å². The molecular formula is C17H22N2Si. The molecule has 0 atom stereocenters. The lowest BCUT2D eigenvalue weighted by atomic mass is 10.2. The number of nitrogens with one attached hydrogen (secondary N) is 1. The number of nitrogens with zero attached hydrogens (tertiary/aromatic N) is 1. The van der Waals surface area contributed by atoms with Gasteiger partial charge in [-0.2, -0.15) is 0 Å². The average Bonchev–Trinajstić information content (AvgIpc) is 2.44. The number of hydrazine groups is 1. The molecule has 1 N–H and O–H groups in total. The van der Waals surface area contributed by atoms with Gasteiger partial charge in [0.1, 0.15) is 0 Å². The van der Waals surface area contributed by atoms with E-state index in [1.54, 1.807) is 0 Å². The molecule has 3 heteroatoms. The number of hydrogen-bond acceptors (Lipinski definition) is 2. The van der Waals surface area contributed by atoms with E-state index in [9.17, 15) is 0 Å². The lowest BCUT2D eigenvalue weighted by molar-refractivity contribution is 0.888. The molecule has 0 aliphatic rings. The highest BCUT2D eigenvalue weighted by Crippen LogP contribution is 2.22. The summed E-state index contributed by atoms with van der Waals surface area (Å²) in [6, 6.07) is 20.7. The molecule has 0 spiro atoms. The van der Waals surface area contributed by atoms with Crippen molar-refractivity contribution in [3.63, 3.8) is 0 Å². The van der Waals surface area contributed by atoms with Gasteiger partial charge < -0.3 is 5.43 Å². The van der Waals surface area contributed by atoms with Crippen LogP contribution in [0, 0.1) is 0 Å². The fraction of sp³-hybridized carbons (Fsp3) is 0.176. The molecule has 2 aromatic carbocycles. The predicted molar refractivity (Wildman–Crippen MR) is 90.6 cm³/mol. The van der Waals surface area contributed by atoms with Crippen LogP contribution in [0.5, 0.6) is 0 Å². The van der Waals surface area contributed by atoms with Crippen molar-refractivity contribution >= 4 is 19.4 Å². The first-order chi connectivity index (χ1) is 9.56. The number of rotatable bonds is 5. The molecule has 2 aromatic rings. The van der Waals surface area contributed by atoms with E-state index in [0.29, 0.717) is 0 Å². The summed E-state index contributed by atoms with van der Waals surface area (Å²) in [4.78, 5) is 0. The Balaban J connectivity index is 2.24. The summed E-state index contributed by atoms with van der Waals surface area (Å²) >= 11 is 0. The molecule has 0 saturated carbocycles. The van der Waals surface area contributed by atoms with Gasteiger partial charge in [-0.1, -0.05) is 61.7 Å². The van der Waals surface area contributed by atoms with Gasteiger partial charge in [0.15, 0.2) is 0 Å². The highest BCUT2D eigenvalue weighted by atomic mass is 28.3. The largest absolute Gasteiger partial charge is 0.302 e. The van der Waals surface area contributed by atoms with E-state index >= 15 is 0 Å². The van der Waals surface area contributed by atoms with Crippen LogP contribution < -0.4 is 10.4 Å². The van der Waals surface area contributed by atoms with E-state index in [0.717, 1.165) is 11.4 Å². The van der Waals surface area contributed by atoms with Crippen LogP contribution in [0.1, 0.15) is 0 Å². The number of benzene rings is 2. The van der Waals surface area contributed by atoms with Crippen LogP contribution in [0.15, 0.2) is 72.6 Å². The summed E-state index contributed by atoms with van der Waals surface area (Å²) in [5.41, 5.74) is 7.94. The summed E-state index contributed by atoms with van der Waals surface area (Å²) in [5.74, 6) is 0. The van der Waals surface area contributed by atoms with Crippen molar-refractivity contribution in [1.29, 1.82) is 0 Å². The Hall–Kier alpha value is -2.00. The second kappa shape index (κ2) is 6.44. The molecule has 0 aromatic heterocycles. The van der Waals surface area contributed by atoms with Crippen LogP contribution in [0.3, 0.4) is 0 Å². The van der Waals surface area contributed by atoms with Crippen molar-refractivity contribution in [3.8, 4) is 0 Å². The lowest BCUT2D eigenvalue weighted by Crippen LogP contribution is -2.30. The first-order valence-corrected chi connectivity index (χ1v) is 10.5. The molecule has 0 aliphatic carbocycles. The summed E-state index contributed by atoms with van der Waals surface area (Å²) in [6.45, 7) is 6.96. The van der Waals surface area contributed by atoms with Gasteiger partial charge in [-0.15, -0.1) is 0 Å². The molecule has 0 saturated heterocycles. The second-order valence-corrected chi connectivity index (χ2v) is 10.9. The van der Waals surface area contributed by atoms with Crippen LogP contribution in [-0.4, -0.2) is 8.07 Å². The molecule has 0 bridgehead atoms. The van der Waals surface area contributed by atoms with Crippen molar-refractivity contribution < 1.29 is 0 Å². The highest BCUT2D eigenvalue weighted by molar-refractivity contribution is 6.80. The summed E-state index contributed by atoms with van der Waals surface area (Å²) in [5, 5.41) is 2.09. The Bertz CT molecular complexity index is 505. The third-order valence-electron chi connectivity index (χ3n) is 2.82. The number of anilines is 2. The molecule has 0 fully saturated rings. The number of hydrogen-bond donors (Lipinski definition) is 1. The Morgan fingerprint density at radius 2 is 1.25 bits per heavy atom. The Kier molecular flexibility index (Phi) is 4.64. The Morgan fingerprint density at radius 3 is 1.65 bits per heavy atom. The van der Waals surface area contributed by atoms with Crippen molar-refractivity contribution in [2.24, 2.45) is 0 Å². The number of para-hydroxylation sites is 2. The van der Waals surface area contributed by atoms with Crippen LogP contribution in [0.2, 0.25) is 19.6 Å². The smallest absolute Gasteiger partial charge is 0.0706 e. The molecule has 2 rings (SSSR count).